The number of hydrogen-bond donors (Lipinski definition) is 1. The van der Waals surface area contributed by atoms with Crippen LogP contribution in [-0.4, -0.2) is 40.3 Å². The first-order chi connectivity index (χ1) is 20.4. The van der Waals surface area contributed by atoms with Gasteiger partial charge in [-0.3, -0.25) is 4.74 Å². The zero-order chi connectivity index (χ0) is 30.9. The zero-order valence-electron chi connectivity index (χ0n) is 27.0. The Balaban J connectivity index is 2.80. The molecule has 0 aliphatic carbocycles. The number of esters is 1. The van der Waals surface area contributed by atoms with Crippen LogP contribution >= 0.6 is 19.8 Å². The fourth-order valence-electron chi connectivity index (χ4n) is 4.81. The lowest BCUT2D eigenvalue weighted by atomic mass is 10.1. The van der Waals surface area contributed by atoms with Gasteiger partial charge in [0, 0.05) is 5.25 Å². The standard InChI is InChI=1S/C34H60O6PS/c1-5-8-10-12-14-16-18-23-28-42-32(26-22-17-15-13-11-9-6-2)30(4)40-34(36,41(37)39-27-7-3)33(35)38-29-31-24-20-19-21-25-31/h19-21,24-25,30,32,36H,5-18,22-23,26-29H2,1-4H3/q+1. The van der Waals surface area contributed by atoms with Crippen LogP contribution < -0.4 is 0 Å². The highest BCUT2D eigenvalue weighted by Gasteiger charge is 2.62. The van der Waals surface area contributed by atoms with Crippen LogP contribution in [0.5, 0.6) is 0 Å². The lowest BCUT2D eigenvalue weighted by molar-refractivity contribution is -0.210. The Labute approximate surface area is 262 Å². The molecule has 1 rings (SSSR count). The van der Waals surface area contributed by atoms with Crippen molar-refractivity contribution in [1.29, 1.82) is 0 Å². The van der Waals surface area contributed by atoms with Crippen LogP contribution in [0.4, 0.5) is 0 Å². The van der Waals surface area contributed by atoms with Gasteiger partial charge in [0.15, 0.2) is 0 Å². The largest absolute Gasteiger partial charge is 0.589 e. The molecule has 0 heterocycles. The number of aliphatic hydroxyl groups is 1. The molecule has 1 aromatic rings. The number of carbonyl (C=O) groups excluding carboxylic acids is 1. The zero-order valence-corrected chi connectivity index (χ0v) is 28.7. The summed E-state index contributed by atoms with van der Waals surface area (Å²) in [6, 6.07) is 9.21. The Bertz CT molecular complexity index is 810. The minimum Gasteiger partial charge on any atom is -0.453 e. The second kappa shape index (κ2) is 25.4. The van der Waals surface area contributed by atoms with E-state index in [1.54, 1.807) is 0 Å². The summed E-state index contributed by atoms with van der Waals surface area (Å²) in [4.78, 5) is 13.1. The van der Waals surface area contributed by atoms with E-state index >= 15 is 0 Å². The number of hydrogen-bond acceptors (Lipinski definition) is 7. The molecule has 4 unspecified atom stereocenters. The molecule has 0 bridgehead atoms. The van der Waals surface area contributed by atoms with Crippen molar-refractivity contribution < 1.29 is 28.5 Å². The van der Waals surface area contributed by atoms with Crippen molar-refractivity contribution in [2.75, 3.05) is 12.4 Å². The van der Waals surface area contributed by atoms with Gasteiger partial charge in [-0.05, 0) is 42.1 Å². The highest BCUT2D eigenvalue weighted by atomic mass is 32.2. The van der Waals surface area contributed by atoms with Crippen molar-refractivity contribution in [2.45, 2.75) is 160 Å². The molecule has 1 aromatic carbocycles. The second-order valence-electron chi connectivity index (χ2n) is 11.4. The van der Waals surface area contributed by atoms with Gasteiger partial charge in [0.2, 0.25) is 0 Å². The fraction of sp³-hybridized carbons (Fsp3) is 0.794. The molecule has 0 saturated carbocycles. The summed E-state index contributed by atoms with van der Waals surface area (Å²) in [6.45, 7) is 8.32. The molecular weight excluding hydrogens is 567 g/mol. The predicted octanol–water partition coefficient (Wildman–Crippen LogP) is 10.3. The topological polar surface area (TPSA) is 82.1 Å². The third-order valence-corrected chi connectivity index (χ3v) is 10.2. The maximum Gasteiger partial charge on any atom is 0.589 e. The molecule has 0 fully saturated rings. The Kier molecular flexibility index (Phi) is 23.6. The number of unbranched alkanes of at least 4 members (excludes halogenated alkanes) is 13. The van der Waals surface area contributed by atoms with Crippen LogP contribution in [0.1, 0.15) is 142 Å². The lowest BCUT2D eigenvalue weighted by Gasteiger charge is -2.27. The van der Waals surface area contributed by atoms with E-state index in [1.165, 1.54) is 77.0 Å². The molecule has 6 nitrogen and oxygen atoms in total. The third kappa shape index (κ3) is 17.3. The first kappa shape index (κ1) is 39.0. The van der Waals surface area contributed by atoms with Gasteiger partial charge in [-0.15, -0.1) is 4.52 Å². The van der Waals surface area contributed by atoms with E-state index in [0.717, 1.165) is 37.0 Å². The molecule has 242 valence electrons. The minimum atomic E-state index is -2.86. The van der Waals surface area contributed by atoms with Gasteiger partial charge in [0.05, 0.1) is 6.10 Å². The molecule has 1 N–H and O–H groups in total. The smallest absolute Gasteiger partial charge is 0.453 e. The van der Waals surface area contributed by atoms with E-state index in [2.05, 4.69) is 13.8 Å². The molecule has 0 radical (unpaired) electrons. The molecule has 0 spiro atoms. The highest BCUT2D eigenvalue weighted by Crippen LogP contribution is 2.43. The normalized spacial score (nSPS) is 14.7. The minimum absolute atomic E-state index is 0.0503. The van der Waals surface area contributed by atoms with Crippen LogP contribution in [0.15, 0.2) is 30.3 Å². The first-order valence-corrected chi connectivity index (χ1v) is 18.9. The molecule has 4 atom stereocenters. The van der Waals surface area contributed by atoms with Crippen molar-refractivity contribution >= 4 is 25.8 Å². The van der Waals surface area contributed by atoms with E-state index in [1.807, 2.05) is 55.9 Å². The first-order valence-electron chi connectivity index (χ1n) is 16.7. The molecular formula is C34H60O6PS+. The quantitative estimate of drug-likeness (QED) is 0.0428. The summed E-state index contributed by atoms with van der Waals surface area (Å²) in [5.41, 5.74) is -1.89. The molecule has 0 aliphatic heterocycles. The number of benzene rings is 1. The van der Waals surface area contributed by atoms with Gasteiger partial charge in [0.25, 0.3) is 0 Å². The number of rotatable bonds is 28. The molecule has 8 heteroatoms. The van der Waals surface area contributed by atoms with E-state index in [9.17, 15) is 14.5 Å². The molecule has 0 aliphatic rings. The van der Waals surface area contributed by atoms with Crippen LogP contribution in [0, 0.1) is 0 Å². The predicted molar refractivity (Wildman–Crippen MR) is 177 cm³/mol. The van der Waals surface area contributed by atoms with Gasteiger partial charge in [-0.1, -0.05) is 141 Å². The average Bonchev–Trinajstić information content (AvgIpc) is 3.00. The maximum atomic E-state index is 13.1. The fourth-order valence-corrected chi connectivity index (χ4v) is 7.13. The molecule has 0 amide bonds. The van der Waals surface area contributed by atoms with Gasteiger partial charge >= 0.3 is 19.5 Å². The maximum absolute atomic E-state index is 13.1. The highest BCUT2D eigenvalue weighted by molar-refractivity contribution is 7.99. The Morgan fingerprint density at radius 2 is 1.38 bits per heavy atom. The summed E-state index contributed by atoms with van der Waals surface area (Å²) >= 11 is 1.84. The van der Waals surface area contributed by atoms with Gasteiger partial charge in [-0.2, -0.15) is 11.8 Å². The van der Waals surface area contributed by atoms with Gasteiger partial charge in [-0.25, -0.2) is 4.79 Å². The van der Waals surface area contributed by atoms with Crippen molar-refractivity contribution in [2.24, 2.45) is 0 Å². The lowest BCUT2D eigenvalue weighted by Crippen LogP contribution is -2.44. The van der Waals surface area contributed by atoms with E-state index in [4.69, 9.17) is 14.0 Å². The van der Waals surface area contributed by atoms with Crippen molar-refractivity contribution in [1.82, 2.24) is 0 Å². The molecule has 42 heavy (non-hydrogen) atoms. The average molecular weight is 628 g/mol. The summed E-state index contributed by atoms with van der Waals surface area (Å²) in [5.74, 6) is -0.0720. The van der Waals surface area contributed by atoms with Gasteiger partial charge in [0.1, 0.15) is 13.2 Å². The van der Waals surface area contributed by atoms with Crippen LogP contribution in [-0.2, 0) is 30.0 Å². The monoisotopic (exact) mass is 627 g/mol. The van der Waals surface area contributed by atoms with Gasteiger partial charge < -0.3 is 9.84 Å². The molecule has 0 saturated heterocycles. The van der Waals surface area contributed by atoms with Crippen LogP contribution in [0.25, 0.3) is 0 Å². The summed E-state index contributed by atoms with van der Waals surface area (Å²) in [6.07, 6.45) is 19.7. The van der Waals surface area contributed by atoms with E-state index < -0.39 is 25.6 Å². The number of ether oxygens (including phenoxy) is 2. The number of thioether (sulfide) groups is 1. The van der Waals surface area contributed by atoms with Crippen molar-refractivity contribution in [3.63, 3.8) is 0 Å². The van der Waals surface area contributed by atoms with Crippen LogP contribution in [0.2, 0.25) is 0 Å². The Hall–Kier alpha value is -0.980. The Morgan fingerprint density at radius 1 is 0.833 bits per heavy atom. The van der Waals surface area contributed by atoms with Crippen LogP contribution in [0.3, 0.4) is 0 Å². The SMILES string of the molecule is CCCCCCCCCCSC(CCCCCCCCC)C(C)OC(O)(C(=O)OCc1ccccc1)[P+](=O)OCCC. The Morgan fingerprint density at radius 3 is 1.95 bits per heavy atom. The van der Waals surface area contributed by atoms with E-state index in [0.29, 0.717) is 6.42 Å². The summed E-state index contributed by atoms with van der Waals surface area (Å²) in [5, 5.41) is 11.4. The summed E-state index contributed by atoms with van der Waals surface area (Å²) < 4.78 is 29.8. The summed E-state index contributed by atoms with van der Waals surface area (Å²) in [7, 11) is -2.86. The van der Waals surface area contributed by atoms with Crippen molar-refractivity contribution in [3.05, 3.63) is 35.9 Å². The third-order valence-electron chi connectivity index (χ3n) is 7.43. The van der Waals surface area contributed by atoms with Crippen molar-refractivity contribution in [3.8, 4) is 0 Å². The second-order valence-corrected chi connectivity index (χ2v) is 14.1. The molecule has 0 aromatic heterocycles. The van der Waals surface area contributed by atoms with E-state index in [-0.39, 0.29) is 18.5 Å². The number of carbonyl (C=O) groups is 1.